The number of hydrogen-bond acceptors (Lipinski definition) is 3. The number of aromatic nitrogens is 2. The lowest BCUT2D eigenvalue weighted by Crippen LogP contribution is -1.94. The van der Waals surface area contributed by atoms with Crippen molar-refractivity contribution in [3.05, 3.63) is 45.8 Å². The van der Waals surface area contributed by atoms with E-state index in [2.05, 4.69) is 38.9 Å². The number of benzene rings is 1. The Morgan fingerprint density at radius 3 is 2.47 bits per heavy atom. The van der Waals surface area contributed by atoms with Crippen molar-refractivity contribution in [2.45, 2.75) is 20.8 Å². The van der Waals surface area contributed by atoms with E-state index in [0.717, 1.165) is 15.9 Å². The number of aryl methyl sites for hydroxylation is 3. The molecule has 0 aliphatic rings. The van der Waals surface area contributed by atoms with Gasteiger partial charge in [0, 0.05) is 6.07 Å². The zero-order chi connectivity index (χ0) is 12.4. The van der Waals surface area contributed by atoms with Gasteiger partial charge in [-0.05, 0) is 48.3 Å². The minimum atomic E-state index is 0.552. The standard InChI is InChI=1S/C13H13BrN2O/c1-8-4-5-11(9(2)6-8)17-13-7-12(14)15-10(3)16-13/h4-7H,1-3H3. The van der Waals surface area contributed by atoms with E-state index in [1.165, 1.54) is 5.56 Å². The van der Waals surface area contributed by atoms with Crippen LogP contribution >= 0.6 is 15.9 Å². The molecule has 0 saturated heterocycles. The van der Waals surface area contributed by atoms with E-state index < -0.39 is 0 Å². The fourth-order valence-electron chi connectivity index (χ4n) is 1.58. The molecule has 88 valence electrons. The molecule has 0 saturated carbocycles. The van der Waals surface area contributed by atoms with Crippen LogP contribution in [0.4, 0.5) is 0 Å². The van der Waals surface area contributed by atoms with Gasteiger partial charge in [-0.2, -0.15) is 4.98 Å². The fourth-order valence-corrected chi connectivity index (χ4v) is 2.04. The highest BCUT2D eigenvalue weighted by molar-refractivity contribution is 9.10. The van der Waals surface area contributed by atoms with E-state index in [1.807, 2.05) is 26.0 Å². The summed E-state index contributed by atoms with van der Waals surface area (Å²) in [7, 11) is 0. The van der Waals surface area contributed by atoms with Gasteiger partial charge in [0.05, 0.1) is 0 Å². The molecular formula is C13H13BrN2O. The maximum atomic E-state index is 5.74. The Kier molecular flexibility index (Phi) is 3.43. The SMILES string of the molecule is Cc1ccc(Oc2cc(Br)nc(C)n2)c(C)c1. The van der Waals surface area contributed by atoms with Crippen LogP contribution in [-0.4, -0.2) is 9.97 Å². The highest BCUT2D eigenvalue weighted by atomic mass is 79.9. The van der Waals surface area contributed by atoms with E-state index in [-0.39, 0.29) is 0 Å². The second-order valence-corrected chi connectivity index (χ2v) is 4.76. The van der Waals surface area contributed by atoms with E-state index in [0.29, 0.717) is 11.7 Å². The molecule has 0 radical (unpaired) electrons. The third-order valence-electron chi connectivity index (χ3n) is 2.33. The molecule has 0 atom stereocenters. The molecule has 0 N–H and O–H groups in total. The summed E-state index contributed by atoms with van der Waals surface area (Å²) in [6, 6.07) is 7.81. The summed E-state index contributed by atoms with van der Waals surface area (Å²) in [5.41, 5.74) is 2.31. The molecule has 0 spiro atoms. The molecule has 1 aromatic heterocycles. The molecule has 2 aromatic rings. The third kappa shape index (κ3) is 3.03. The second kappa shape index (κ2) is 4.84. The summed E-state index contributed by atoms with van der Waals surface area (Å²) in [5.74, 6) is 2.05. The van der Waals surface area contributed by atoms with Gasteiger partial charge in [0.25, 0.3) is 0 Å². The van der Waals surface area contributed by atoms with Crippen LogP contribution in [0.15, 0.2) is 28.9 Å². The van der Waals surface area contributed by atoms with Gasteiger partial charge >= 0.3 is 0 Å². The van der Waals surface area contributed by atoms with Crippen molar-refractivity contribution in [1.29, 1.82) is 0 Å². The summed E-state index contributed by atoms with van der Waals surface area (Å²) in [4.78, 5) is 8.37. The van der Waals surface area contributed by atoms with Crippen molar-refractivity contribution in [3.8, 4) is 11.6 Å². The van der Waals surface area contributed by atoms with Crippen LogP contribution in [0.25, 0.3) is 0 Å². The highest BCUT2D eigenvalue weighted by Gasteiger charge is 2.05. The van der Waals surface area contributed by atoms with Crippen molar-refractivity contribution >= 4 is 15.9 Å². The zero-order valence-electron chi connectivity index (χ0n) is 9.99. The molecular weight excluding hydrogens is 280 g/mol. The quantitative estimate of drug-likeness (QED) is 0.786. The average molecular weight is 293 g/mol. The van der Waals surface area contributed by atoms with Crippen LogP contribution in [-0.2, 0) is 0 Å². The Balaban J connectivity index is 2.31. The van der Waals surface area contributed by atoms with E-state index in [4.69, 9.17) is 4.74 Å². The lowest BCUT2D eigenvalue weighted by molar-refractivity contribution is 0.455. The maximum absolute atomic E-state index is 5.74. The molecule has 1 aromatic carbocycles. The molecule has 0 aliphatic heterocycles. The van der Waals surface area contributed by atoms with Crippen LogP contribution in [0, 0.1) is 20.8 Å². The first kappa shape index (κ1) is 12.0. The molecule has 4 heteroatoms. The summed E-state index contributed by atoms with van der Waals surface area (Å²) in [5, 5.41) is 0. The maximum Gasteiger partial charge on any atom is 0.223 e. The largest absolute Gasteiger partial charge is 0.439 e. The molecule has 0 fully saturated rings. The predicted octanol–water partition coefficient (Wildman–Crippen LogP) is 3.96. The van der Waals surface area contributed by atoms with Crippen molar-refractivity contribution < 1.29 is 4.74 Å². The first-order valence-corrected chi connectivity index (χ1v) is 6.10. The average Bonchev–Trinajstić information content (AvgIpc) is 2.21. The zero-order valence-corrected chi connectivity index (χ0v) is 11.6. The number of rotatable bonds is 2. The molecule has 0 amide bonds. The molecule has 17 heavy (non-hydrogen) atoms. The van der Waals surface area contributed by atoms with Crippen LogP contribution in [0.3, 0.4) is 0 Å². The summed E-state index contributed by atoms with van der Waals surface area (Å²) >= 11 is 3.33. The van der Waals surface area contributed by atoms with E-state index in [1.54, 1.807) is 6.07 Å². The Hall–Kier alpha value is -1.42. The Labute approximate surface area is 109 Å². The lowest BCUT2D eigenvalue weighted by atomic mass is 10.1. The van der Waals surface area contributed by atoms with Gasteiger partial charge < -0.3 is 4.74 Å². The van der Waals surface area contributed by atoms with E-state index in [9.17, 15) is 0 Å². The highest BCUT2D eigenvalue weighted by Crippen LogP contribution is 2.25. The summed E-state index contributed by atoms with van der Waals surface area (Å²) in [6.07, 6.45) is 0. The summed E-state index contributed by atoms with van der Waals surface area (Å²) < 4.78 is 6.47. The molecule has 0 unspecified atom stereocenters. The van der Waals surface area contributed by atoms with Crippen LogP contribution < -0.4 is 4.74 Å². The minimum absolute atomic E-state index is 0.552. The Bertz CT molecular complexity index is 535. The minimum Gasteiger partial charge on any atom is -0.439 e. The van der Waals surface area contributed by atoms with Gasteiger partial charge in [-0.25, -0.2) is 4.98 Å². The molecule has 1 heterocycles. The smallest absolute Gasteiger partial charge is 0.223 e. The van der Waals surface area contributed by atoms with Crippen molar-refractivity contribution in [2.24, 2.45) is 0 Å². The first-order valence-electron chi connectivity index (χ1n) is 5.31. The van der Waals surface area contributed by atoms with Crippen LogP contribution in [0.5, 0.6) is 11.6 Å². The van der Waals surface area contributed by atoms with Crippen LogP contribution in [0.2, 0.25) is 0 Å². The second-order valence-electron chi connectivity index (χ2n) is 3.95. The predicted molar refractivity (Wildman–Crippen MR) is 70.5 cm³/mol. The van der Waals surface area contributed by atoms with Crippen LogP contribution in [0.1, 0.15) is 17.0 Å². The molecule has 2 rings (SSSR count). The van der Waals surface area contributed by atoms with Crippen molar-refractivity contribution in [2.75, 3.05) is 0 Å². The monoisotopic (exact) mass is 292 g/mol. The third-order valence-corrected chi connectivity index (χ3v) is 2.73. The van der Waals surface area contributed by atoms with Gasteiger partial charge in [-0.15, -0.1) is 0 Å². The van der Waals surface area contributed by atoms with Gasteiger partial charge in [-0.3, -0.25) is 0 Å². The fraction of sp³-hybridized carbons (Fsp3) is 0.231. The van der Waals surface area contributed by atoms with Gasteiger partial charge in [0.15, 0.2) is 0 Å². The number of ether oxygens (including phenoxy) is 1. The number of hydrogen-bond donors (Lipinski definition) is 0. The molecule has 3 nitrogen and oxygen atoms in total. The molecule has 0 bridgehead atoms. The Morgan fingerprint density at radius 2 is 1.82 bits per heavy atom. The Morgan fingerprint density at radius 1 is 1.06 bits per heavy atom. The number of halogens is 1. The van der Waals surface area contributed by atoms with Crippen molar-refractivity contribution in [1.82, 2.24) is 9.97 Å². The lowest BCUT2D eigenvalue weighted by Gasteiger charge is -2.09. The van der Waals surface area contributed by atoms with Crippen molar-refractivity contribution in [3.63, 3.8) is 0 Å². The van der Waals surface area contributed by atoms with Gasteiger partial charge in [-0.1, -0.05) is 17.7 Å². The van der Waals surface area contributed by atoms with E-state index >= 15 is 0 Å². The number of nitrogens with zero attached hydrogens (tertiary/aromatic N) is 2. The molecule has 0 aliphatic carbocycles. The summed E-state index contributed by atoms with van der Waals surface area (Å²) in [6.45, 7) is 5.91. The van der Waals surface area contributed by atoms with Gasteiger partial charge in [0.1, 0.15) is 16.2 Å². The van der Waals surface area contributed by atoms with Gasteiger partial charge in [0.2, 0.25) is 5.88 Å². The first-order chi connectivity index (χ1) is 8.04. The normalized spacial score (nSPS) is 10.4. The topological polar surface area (TPSA) is 35.0 Å².